The quantitative estimate of drug-likeness (QED) is 0.692. The van der Waals surface area contributed by atoms with Gasteiger partial charge in [0.15, 0.2) is 0 Å². The van der Waals surface area contributed by atoms with E-state index in [2.05, 4.69) is 20.9 Å². The third-order valence-electron chi connectivity index (χ3n) is 1.13. The normalized spacial score (nSPS) is 10.7. The average molecular weight is 216 g/mol. The van der Waals surface area contributed by atoms with Crippen molar-refractivity contribution in [1.29, 1.82) is 0 Å². The molecule has 1 aromatic rings. The highest BCUT2D eigenvalue weighted by molar-refractivity contribution is 9.09. The van der Waals surface area contributed by atoms with Gasteiger partial charge in [-0.15, -0.1) is 0 Å². The van der Waals surface area contributed by atoms with Crippen LogP contribution in [0.5, 0.6) is 0 Å². The Hall–Kier alpha value is -0.700. The molecule has 11 heavy (non-hydrogen) atoms. The fraction of sp³-hybridized carbons (Fsp3) is 0.125. The van der Waals surface area contributed by atoms with E-state index in [9.17, 15) is 4.39 Å². The minimum Gasteiger partial charge on any atom is -0.254 e. The second-order valence-corrected chi connectivity index (χ2v) is 2.61. The fourth-order valence-electron chi connectivity index (χ4n) is 0.651. The molecule has 0 aliphatic carbocycles. The van der Waals surface area contributed by atoms with Crippen LogP contribution in [0.3, 0.4) is 0 Å². The van der Waals surface area contributed by atoms with Crippen molar-refractivity contribution < 1.29 is 4.39 Å². The van der Waals surface area contributed by atoms with Gasteiger partial charge in [-0.05, 0) is 18.2 Å². The van der Waals surface area contributed by atoms with Gasteiger partial charge in [0, 0.05) is 5.33 Å². The van der Waals surface area contributed by atoms with Gasteiger partial charge in [-0.3, -0.25) is 4.98 Å². The molecule has 0 N–H and O–H groups in total. The van der Waals surface area contributed by atoms with E-state index >= 15 is 0 Å². The highest BCUT2D eigenvalue weighted by atomic mass is 79.9. The van der Waals surface area contributed by atoms with E-state index in [4.69, 9.17) is 0 Å². The Balaban J connectivity index is 2.73. The highest BCUT2D eigenvalue weighted by Gasteiger charge is 1.88. The molecule has 0 atom stereocenters. The van der Waals surface area contributed by atoms with E-state index in [1.165, 1.54) is 12.3 Å². The van der Waals surface area contributed by atoms with Crippen molar-refractivity contribution in [3.63, 3.8) is 0 Å². The molecule has 0 spiro atoms. The predicted octanol–water partition coefficient (Wildman–Crippen LogP) is 2.63. The molecule has 0 unspecified atom stereocenters. The molecule has 0 fully saturated rings. The minimum atomic E-state index is -0.305. The summed E-state index contributed by atoms with van der Waals surface area (Å²) >= 11 is 3.23. The van der Waals surface area contributed by atoms with Crippen LogP contribution < -0.4 is 0 Å². The van der Waals surface area contributed by atoms with Gasteiger partial charge in [0.25, 0.3) is 0 Å². The topological polar surface area (TPSA) is 12.9 Å². The SMILES string of the molecule is Fc1ccc(C=CCBr)nc1. The number of rotatable bonds is 2. The molecule has 0 amide bonds. The Morgan fingerprint density at radius 3 is 2.91 bits per heavy atom. The third-order valence-corrected chi connectivity index (χ3v) is 1.50. The van der Waals surface area contributed by atoms with Crippen molar-refractivity contribution in [1.82, 2.24) is 4.98 Å². The summed E-state index contributed by atoms with van der Waals surface area (Å²) in [4.78, 5) is 3.83. The molecule has 0 bridgehead atoms. The lowest BCUT2D eigenvalue weighted by atomic mass is 10.3. The van der Waals surface area contributed by atoms with E-state index in [1.54, 1.807) is 6.07 Å². The Morgan fingerprint density at radius 1 is 1.55 bits per heavy atom. The van der Waals surface area contributed by atoms with Crippen molar-refractivity contribution in [2.45, 2.75) is 0 Å². The molecule has 0 aromatic carbocycles. The molecule has 0 aliphatic rings. The predicted molar refractivity (Wildman–Crippen MR) is 47.0 cm³/mol. The van der Waals surface area contributed by atoms with Crippen LogP contribution in [0.4, 0.5) is 4.39 Å². The molecule has 1 nitrogen and oxygen atoms in total. The summed E-state index contributed by atoms with van der Waals surface area (Å²) in [5.41, 5.74) is 0.769. The molecule has 1 aromatic heterocycles. The van der Waals surface area contributed by atoms with E-state index in [1.807, 2.05) is 12.2 Å². The van der Waals surface area contributed by atoms with Crippen LogP contribution in [0.15, 0.2) is 24.4 Å². The van der Waals surface area contributed by atoms with Crippen LogP contribution in [-0.2, 0) is 0 Å². The average Bonchev–Trinajstić information content (AvgIpc) is 2.04. The first-order valence-electron chi connectivity index (χ1n) is 3.17. The largest absolute Gasteiger partial charge is 0.254 e. The standard InChI is InChI=1S/C8H7BrFN/c9-5-1-2-8-4-3-7(10)6-11-8/h1-4,6H,5H2. The molecule has 0 saturated heterocycles. The maximum Gasteiger partial charge on any atom is 0.141 e. The molecule has 0 saturated carbocycles. The van der Waals surface area contributed by atoms with E-state index in [0.29, 0.717) is 0 Å². The summed E-state index contributed by atoms with van der Waals surface area (Å²) < 4.78 is 12.3. The molecular formula is C8H7BrFN. The summed E-state index contributed by atoms with van der Waals surface area (Å²) in [7, 11) is 0. The van der Waals surface area contributed by atoms with Gasteiger partial charge in [0.1, 0.15) is 5.82 Å². The van der Waals surface area contributed by atoms with E-state index in [0.717, 1.165) is 11.0 Å². The molecule has 1 rings (SSSR count). The first-order valence-corrected chi connectivity index (χ1v) is 4.29. The lowest BCUT2D eigenvalue weighted by Crippen LogP contribution is -1.81. The van der Waals surface area contributed by atoms with Gasteiger partial charge in [-0.25, -0.2) is 4.39 Å². The van der Waals surface area contributed by atoms with Crippen molar-refractivity contribution in [2.75, 3.05) is 5.33 Å². The highest BCUT2D eigenvalue weighted by Crippen LogP contribution is 2.00. The summed E-state index contributed by atoms with van der Waals surface area (Å²) in [6.07, 6.45) is 4.93. The first kappa shape index (κ1) is 8.40. The van der Waals surface area contributed by atoms with Crippen LogP contribution in [0, 0.1) is 5.82 Å². The molecule has 58 valence electrons. The summed E-state index contributed by atoms with van der Waals surface area (Å²) in [6.45, 7) is 0. The van der Waals surface area contributed by atoms with Gasteiger partial charge in [-0.1, -0.05) is 22.0 Å². The van der Waals surface area contributed by atoms with Crippen LogP contribution in [0.2, 0.25) is 0 Å². The maximum absolute atomic E-state index is 12.3. The minimum absolute atomic E-state index is 0.305. The molecule has 3 heteroatoms. The smallest absolute Gasteiger partial charge is 0.141 e. The number of halogens is 2. The molecular weight excluding hydrogens is 209 g/mol. The number of aromatic nitrogens is 1. The van der Waals surface area contributed by atoms with Crippen molar-refractivity contribution >= 4 is 22.0 Å². The third kappa shape index (κ3) is 2.80. The van der Waals surface area contributed by atoms with Gasteiger partial charge in [-0.2, -0.15) is 0 Å². The van der Waals surface area contributed by atoms with Crippen molar-refractivity contribution in [3.05, 3.63) is 35.9 Å². The second kappa shape index (κ2) is 4.23. The fourth-order valence-corrected chi connectivity index (χ4v) is 0.838. The number of pyridine rings is 1. The van der Waals surface area contributed by atoms with Crippen LogP contribution in [-0.4, -0.2) is 10.3 Å². The van der Waals surface area contributed by atoms with Crippen LogP contribution in [0.1, 0.15) is 5.69 Å². The number of allylic oxidation sites excluding steroid dienone is 1. The van der Waals surface area contributed by atoms with E-state index < -0.39 is 0 Å². The Bertz CT molecular complexity index is 243. The monoisotopic (exact) mass is 215 g/mol. The lowest BCUT2D eigenvalue weighted by molar-refractivity contribution is 0.621. The van der Waals surface area contributed by atoms with Gasteiger partial charge in [0.2, 0.25) is 0 Å². The Kier molecular flexibility index (Phi) is 3.23. The van der Waals surface area contributed by atoms with E-state index in [-0.39, 0.29) is 5.82 Å². The molecule has 0 aliphatic heterocycles. The van der Waals surface area contributed by atoms with Gasteiger partial charge in [0.05, 0.1) is 11.9 Å². The van der Waals surface area contributed by atoms with Gasteiger partial charge >= 0.3 is 0 Å². The zero-order valence-electron chi connectivity index (χ0n) is 5.80. The zero-order chi connectivity index (χ0) is 8.10. The number of hydrogen-bond acceptors (Lipinski definition) is 1. The Labute approximate surface area is 73.1 Å². The molecule has 0 radical (unpaired) electrons. The first-order chi connectivity index (χ1) is 5.33. The zero-order valence-corrected chi connectivity index (χ0v) is 7.38. The lowest BCUT2D eigenvalue weighted by Gasteiger charge is -1.89. The Morgan fingerprint density at radius 2 is 2.36 bits per heavy atom. The maximum atomic E-state index is 12.3. The second-order valence-electron chi connectivity index (χ2n) is 1.96. The van der Waals surface area contributed by atoms with Crippen LogP contribution in [0.25, 0.3) is 6.08 Å². The van der Waals surface area contributed by atoms with Crippen molar-refractivity contribution in [3.8, 4) is 0 Å². The number of hydrogen-bond donors (Lipinski definition) is 0. The van der Waals surface area contributed by atoms with Crippen LogP contribution >= 0.6 is 15.9 Å². The summed E-state index contributed by atoms with van der Waals surface area (Å²) in [5, 5.41) is 0.784. The van der Waals surface area contributed by atoms with Crippen molar-refractivity contribution in [2.24, 2.45) is 0 Å². The summed E-state index contributed by atoms with van der Waals surface area (Å²) in [5.74, 6) is -0.305. The molecule has 1 heterocycles. The van der Waals surface area contributed by atoms with Gasteiger partial charge < -0.3 is 0 Å². The number of nitrogens with zero attached hydrogens (tertiary/aromatic N) is 1. The number of alkyl halides is 1. The summed E-state index contributed by atoms with van der Waals surface area (Å²) in [6, 6.07) is 3.02.